The molecule has 3 aliphatic rings. The van der Waals surface area contributed by atoms with Crippen LogP contribution in [-0.2, 0) is 32.1 Å². The number of aromatic hydroxyl groups is 1. The third kappa shape index (κ3) is 3.74. The molecular formula is C26H32N4O8. The van der Waals surface area contributed by atoms with Gasteiger partial charge >= 0.3 is 0 Å². The van der Waals surface area contributed by atoms with Gasteiger partial charge in [-0.1, -0.05) is 0 Å². The van der Waals surface area contributed by atoms with Crippen LogP contribution >= 0.6 is 0 Å². The highest BCUT2D eigenvalue weighted by Crippen LogP contribution is 2.54. The first-order valence-corrected chi connectivity index (χ1v) is 12.1. The smallest absolute Gasteiger partial charge is 0.255 e. The largest absolute Gasteiger partial charge is 0.508 e. The molecule has 3 aliphatic carbocycles. The first kappa shape index (κ1) is 27.1. The number of amides is 2. The molecule has 1 aromatic carbocycles. The van der Waals surface area contributed by atoms with Gasteiger partial charge in [-0.05, 0) is 44.5 Å². The molecule has 4 atom stereocenters. The van der Waals surface area contributed by atoms with Gasteiger partial charge in [-0.15, -0.1) is 0 Å². The Balaban J connectivity index is 1.97. The molecule has 38 heavy (non-hydrogen) atoms. The summed E-state index contributed by atoms with van der Waals surface area (Å²) in [6.45, 7) is 1.28. The molecule has 1 saturated carbocycles. The van der Waals surface area contributed by atoms with Gasteiger partial charge in [-0.3, -0.25) is 24.1 Å². The van der Waals surface area contributed by atoms with E-state index in [4.69, 9.17) is 5.73 Å². The minimum Gasteiger partial charge on any atom is -0.508 e. The molecule has 0 aromatic heterocycles. The molecule has 7 N–H and O–H groups in total. The molecule has 1 fully saturated rings. The highest BCUT2D eigenvalue weighted by atomic mass is 16.3. The Kier molecular flexibility index (Phi) is 6.53. The van der Waals surface area contributed by atoms with E-state index in [0.29, 0.717) is 16.8 Å². The topological polar surface area (TPSA) is 194 Å². The van der Waals surface area contributed by atoms with Crippen molar-refractivity contribution >= 4 is 34.8 Å². The van der Waals surface area contributed by atoms with E-state index in [2.05, 4.69) is 5.32 Å². The van der Waals surface area contributed by atoms with Gasteiger partial charge in [0.05, 0.1) is 11.6 Å². The average molecular weight is 529 g/mol. The van der Waals surface area contributed by atoms with Gasteiger partial charge in [0, 0.05) is 50.3 Å². The first-order chi connectivity index (χ1) is 17.6. The van der Waals surface area contributed by atoms with Gasteiger partial charge in [0.15, 0.2) is 11.4 Å². The number of carbonyl (C=O) groups excluding carboxylic acids is 4. The van der Waals surface area contributed by atoms with E-state index in [1.807, 2.05) is 0 Å². The number of primary amides is 1. The number of carbonyl (C=O) groups is 4. The number of fused-ring (bicyclic) bond motifs is 3. The van der Waals surface area contributed by atoms with Crippen molar-refractivity contribution in [1.29, 1.82) is 0 Å². The van der Waals surface area contributed by atoms with E-state index < -0.39 is 58.0 Å². The molecule has 1 aromatic rings. The third-order valence-corrected chi connectivity index (χ3v) is 7.79. The molecular weight excluding hydrogens is 496 g/mol. The summed E-state index contributed by atoms with van der Waals surface area (Å²) in [5.41, 5.74) is 3.02. The quantitative estimate of drug-likeness (QED) is 0.276. The van der Waals surface area contributed by atoms with E-state index in [-0.39, 0.29) is 42.2 Å². The zero-order chi connectivity index (χ0) is 28.4. The summed E-state index contributed by atoms with van der Waals surface area (Å²) < 4.78 is 0. The Morgan fingerprint density at radius 2 is 1.79 bits per heavy atom. The van der Waals surface area contributed by atoms with Crippen molar-refractivity contribution in [3.63, 3.8) is 0 Å². The summed E-state index contributed by atoms with van der Waals surface area (Å²) in [7, 11) is 6.64. The van der Waals surface area contributed by atoms with E-state index in [9.17, 15) is 39.6 Å². The molecule has 12 heteroatoms. The van der Waals surface area contributed by atoms with Crippen LogP contribution in [0.15, 0.2) is 23.0 Å². The highest BCUT2D eigenvalue weighted by Gasteiger charge is 2.64. The Morgan fingerprint density at radius 1 is 1.16 bits per heavy atom. The molecule has 2 amide bonds. The fraction of sp³-hybridized carbons (Fsp3) is 0.462. The molecule has 0 saturated heterocycles. The number of phenols is 1. The van der Waals surface area contributed by atoms with Gasteiger partial charge < -0.3 is 36.4 Å². The molecule has 0 aliphatic heterocycles. The van der Waals surface area contributed by atoms with Crippen molar-refractivity contribution in [2.24, 2.45) is 17.6 Å². The van der Waals surface area contributed by atoms with E-state index in [1.165, 1.54) is 11.8 Å². The van der Waals surface area contributed by atoms with Crippen molar-refractivity contribution in [3.05, 3.63) is 39.7 Å². The molecule has 0 unspecified atom stereocenters. The second-order valence-corrected chi connectivity index (χ2v) is 10.5. The number of phenolic OH excluding ortho intramolecular Hbond substituents is 1. The van der Waals surface area contributed by atoms with Crippen LogP contribution < -0.4 is 16.0 Å². The number of rotatable bonds is 5. The summed E-state index contributed by atoms with van der Waals surface area (Å²) in [6, 6.07) is 0.540. The average Bonchev–Trinajstić information content (AvgIpc) is 2.80. The van der Waals surface area contributed by atoms with Gasteiger partial charge in [0.25, 0.3) is 5.91 Å². The van der Waals surface area contributed by atoms with Crippen molar-refractivity contribution in [1.82, 2.24) is 10.2 Å². The van der Waals surface area contributed by atoms with Gasteiger partial charge in [0.2, 0.25) is 11.7 Å². The maximum atomic E-state index is 13.9. The molecule has 12 nitrogen and oxygen atoms in total. The summed E-state index contributed by atoms with van der Waals surface area (Å²) >= 11 is 0. The van der Waals surface area contributed by atoms with Crippen molar-refractivity contribution in [2.75, 3.05) is 33.1 Å². The summed E-state index contributed by atoms with van der Waals surface area (Å²) in [5, 5.41) is 47.7. The molecule has 0 spiro atoms. The Hall–Kier alpha value is -3.90. The van der Waals surface area contributed by atoms with Crippen LogP contribution in [-0.4, -0.2) is 88.5 Å². The summed E-state index contributed by atoms with van der Waals surface area (Å²) in [5.74, 6) is -7.36. The van der Waals surface area contributed by atoms with Crippen LogP contribution in [0.25, 0.3) is 5.76 Å². The Labute approximate surface area is 219 Å². The zero-order valence-corrected chi connectivity index (χ0v) is 21.8. The zero-order valence-electron chi connectivity index (χ0n) is 21.8. The number of benzene rings is 1. The van der Waals surface area contributed by atoms with Crippen molar-refractivity contribution < 1.29 is 39.6 Å². The van der Waals surface area contributed by atoms with E-state index in [1.54, 1.807) is 39.2 Å². The SMILES string of the molecule is CC(=O)NCc1cc(N(C)C)c2c(c1O)C(O)=C1C(=O)[C@@]3(O)C(O)=C(C(N)=O)C(=O)[C@H](N(C)C)[C@H]3C[C@H]1C2. The predicted octanol–water partition coefficient (Wildman–Crippen LogP) is -0.334. The molecule has 204 valence electrons. The van der Waals surface area contributed by atoms with Gasteiger partial charge in [-0.25, -0.2) is 0 Å². The van der Waals surface area contributed by atoms with Crippen molar-refractivity contribution in [2.45, 2.75) is 38.0 Å². The van der Waals surface area contributed by atoms with Crippen LogP contribution in [0.3, 0.4) is 0 Å². The lowest BCUT2D eigenvalue weighted by molar-refractivity contribution is -0.153. The van der Waals surface area contributed by atoms with E-state index >= 15 is 0 Å². The molecule has 0 bridgehead atoms. The number of likely N-dealkylation sites (N-methyl/N-ethyl adjacent to an activating group) is 1. The number of Topliss-reactive ketones (excluding diaryl/α,β-unsaturated/α-hetero) is 2. The monoisotopic (exact) mass is 528 g/mol. The van der Waals surface area contributed by atoms with E-state index in [0.717, 1.165) is 0 Å². The number of nitrogens with zero attached hydrogens (tertiary/aromatic N) is 2. The number of aliphatic hydroxyl groups is 3. The normalized spacial score (nSPS) is 26.7. The number of aliphatic hydroxyl groups excluding tert-OH is 2. The minimum absolute atomic E-state index is 0.00698. The van der Waals surface area contributed by atoms with Crippen molar-refractivity contribution in [3.8, 4) is 5.75 Å². The number of hydrogen-bond donors (Lipinski definition) is 6. The summed E-state index contributed by atoms with van der Waals surface area (Å²) in [4.78, 5) is 53.9. The third-order valence-electron chi connectivity index (χ3n) is 7.79. The molecule has 0 radical (unpaired) electrons. The van der Waals surface area contributed by atoms with Gasteiger partial charge in [-0.2, -0.15) is 0 Å². The van der Waals surface area contributed by atoms with Gasteiger partial charge in [0.1, 0.15) is 22.8 Å². The first-order valence-electron chi connectivity index (χ1n) is 12.1. The fourth-order valence-corrected chi connectivity index (χ4v) is 6.10. The number of hydrogen-bond acceptors (Lipinski definition) is 10. The Morgan fingerprint density at radius 3 is 2.32 bits per heavy atom. The maximum absolute atomic E-state index is 13.9. The second kappa shape index (κ2) is 9.14. The molecule has 4 rings (SSSR count). The van der Waals surface area contributed by atoms with Crippen LogP contribution in [0.1, 0.15) is 30.0 Å². The predicted molar refractivity (Wildman–Crippen MR) is 136 cm³/mol. The maximum Gasteiger partial charge on any atom is 0.255 e. The van der Waals surface area contributed by atoms with Crippen LogP contribution in [0.2, 0.25) is 0 Å². The van der Waals surface area contributed by atoms with Crippen LogP contribution in [0.5, 0.6) is 5.75 Å². The Bertz CT molecular complexity index is 1340. The second-order valence-electron chi connectivity index (χ2n) is 10.5. The number of ketones is 2. The fourth-order valence-electron chi connectivity index (χ4n) is 6.10. The molecule has 0 heterocycles. The number of nitrogens with two attached hydrogens (primary N) is 1. The lowest BCUT2D eigenvalue weighted by Crippen LogP contribution is -2.65. The lowest BCUT2D eigenvalue weighted by atomic mass is 9.57. The number of nitrogens with one attached hydrogen (secondary N) is 1. The number of anilines is 1. The highest BCUT2D eigenvalue weighted by molar-refractivity contribution is 6.24. The minimum atomic E-state index is -2.70. The summed E-state index contributed by atoms with van der Waals surface area (Å²) in [6.07, 6.45) is 0.184. The standard InChI is InChI=1S/C26H32N4O8/c1-10(31)28-9-12-8-15(29(2)3)13-6-11-7-14-19(30(4)5)22(34)18(25(27)37)24(36)26(14,38)23(35)16(11)21(33)17(13)20(12)32/h8,11,14,19,32-33,36,38H,6-7,9H2,1-5H3,(H2,27,37)(H,28,31)/t11-,14-,19-,26-/m1/s1. The lowest BCUT2D eigenvalue weighted by Gasteiger charge is -2.50. The van der Waals surface area contributed by atoms with Crippen LogP contribution in [0.4, 0.5) is 5.69 Å². The van der Waals surface area contributed by atoms with Crippen LogP contribution in [0, 0.1) is 11.8 Å².